The Bertz CT molecular complexity index is 314. The van der Waals surface area contributed by atoms with Gasteiger partial charge in [0.1, 0.15) is 0 Å². The molecular weight excluding hydrogens is 208 g/mol. The maximum atomic E-state index is 11.4. The van der Waals surface area contributed by atoms with Gasteiger partial charge in [0.05, 0.1) is 18.9 Å². The molecule has 1 rings (SSSR count). The molecule has 0 bridgehead atoms. The fourth-order valence-corrected chi connectivity index (χ4v) is 2.37. The molecule has 1 aliphatic heterocycles. The number of hydrogen-bond donors (Lipinski definition) is 1. The van der Waals surface area contributed by atoms with Crippen LogP contribution in [0.3, 0.4) is 0 Å². The van der Waals surface area contributed by atoms with Gasteiger partial charge < -0.3 is 10.0 Å². The van der Waals surface area contributed by atoms with E-state index in [4.69, 9.17) is 5.11 Å². The van der Waals surface area contributed by atoms with E-state index in [-0.39, 0.29) is 18.2 Å². The fourth-order valence-electron chi connectivity index (χ4n) is 1.22. The molecule has 14 heavy (non-hydrogen) atoms. The number of amides is 1. The second-order valence-electron chi connectivity index (χ2n) is 3.19. The molecule has 0 atom stereocenters. The Morgan fingerprint density at radius 2 is 2.07 bits per heavy atom. The van der Waals surface area contributed by atoms with E-state index in [2.05, 4.69) is 0 Å². The van der Waals surface area contributed by atoms with E-state index in [9.17, 15) is 13.2 Å². The standard InChI is InChI=1S/C7H14N2O4S/c1-8-2-3-9(6-7(8)11)14(12,13)5-4-10/h10H,2-6H2,1H3. The van der Waals surface area contributed by atoms with Crippen LogP contribution in [0.2, 0.25) is 0 Å². The van der Waals surface area contributed by atoms with Crippen molar-refractivity contribution in [3.8, 4) is 0 Å². The van der Waals surface area contributed by atoms with E-state index in [1.54, 1.807) is 7.05 Å². The molecule has 1 aliphatic rings. The molecule has 0 radical (unpaired) electrons. The first-order valence-electron chi connectivity index (χ1n) is 4.30. The number of nitrogens with zero attached hydrogens (tertiary/aromatic N) is 2. The zero-order chi connectivity index (χ0) is 10.8. The third kappa shape index (κ3) is 2.43. The maximum absolute atomic E-state index is 11.4. The van der Waals surface area contributed by atoms with Gasteiger partial charge in [-0.3, -0.25) is 4.79 Å². The van der Waals surface area contributed by atoms with Crippen LogP contribution >= 0.6 is 0 Å². The minimum absolute atomic E-state index is 0.112. The molecule has 0 unspecified atom stereocenters. The second-order valence-corrected chi connectivity index (χ2v) is 5.28. The summed E-state index contributed by atoms with van der Waals surface area (Å²) < 4.78 is 24.0. The van der Waals surface area contributed by atoms with Crippen molar-refractivity contribution in [1.82, 2.24) is 9.21 Å². The minimum Gasteiger partial charge on any atom is -0.395 e. The molecule has 1 N–H and O–H groups in total. The molecule has 0 aliphatic carbocycles. The van der Waals surface area contributed by atoms with Crippen molar-refractivity contribution in [2.75, 3.05) is 39.0 Å². The molecule has 1 saturated heterocycles. The van der Waals surface area contributed by atoms with Crippen LogP contribution < -0.4 is 0 Å². The molecule has 0 aromatic carbocycles. The first kappa shape index (κ1) is 11.4. The third-order valence-corrected chi connectivity index (χ3v) is 3.96. The molecule has 1 fully saturated rings. The van der Waals surface area contributed by atoms with Gasteiger partial charge >= 0.3 is 0 Å². The van der Waals surface area contributed by atoms with E-state index < -0.39 is 16.6 Å². The Morgan fingerprint density at radius 1 is 1.43 bits per heavy atom. The summed E-state index contributed by atoms with van der Waals surface area (Å²) in [7, 11) is -1.82. The number of carbonyl (C=O) groups excluding carboxylic acids is 1. The Morgan fingerprint density at radius 3 is 2.57 bits per heavy atom. The molecule has 6 nitrogen and oxygen atoms in total. The summed E-state index contributed by atoms with van der Waals surface area (Å²) >= 11 is 0. The molecule has 1 heterocycles. The van der Waals surface area contributed by atoms with Crippen molar-refractivity contribution < 1.29 is 18.3 Å². The highest BCUT2D eigenvalue weighted by atomic mass is 32.2. The lowest BCUT2D eigenvalue weighted by atomic mass is 10.4. The highest BCUT2D eigenvalue weighted by Gasteiger charge is 2.29. The smallest absolute Gasteiger partial charge is 0.237 e. The van der Waals surface area contributed by atoms with Crippen LogP contribution in [0.1, 0.15) is 0 Å². The van der Waals surface area contributed by atoms with Crippen molar-refractivity contribution in [3.63, 3.8) is 0 Å². The number of likely N-dealkylation sites (N-methyl/N-ethyl adjacent to an activating group) is 1. The summed E-state index contributed by atoms with van der Waals surface area (Å²) in [5.41, 5.74) is 0. The van der Waals surface area contributed by atoms with Gasteiger partial charge in [-0.1, -0.05) is 0 Å². The molecule has 82 valence electrons. The van der Waals surface area contributed by atoms with E-state index in [1.807, 2.05) is 0 Å². The molecular formula is C7H14N2O4S. The van der Waals surface area contributed by atoms with E-state index in [1.165, 1.54) is 4.90 Å². The summed E-state index contributed by atoms with van der Waals surface area (Å²) in [5, 5.41) is 8.55. The molecule has 1 amide bonds. The second kappa shape index (κ2) is 4.24. The highest BCUT2D eigenvalue weighted by Crippen LogP contribution is 2.07. The van der Waals surface area contributed by atoms with E-state index in [0.717, 1.165) is 4.31 Å². The van der Waals surface area contributed by atoms with Crippen molar-refractivity contribution in [3.05, 3.63) is 0 Å². The van der Waals surface area contributed by atoms with Crippen LogP contribution in [0, 0.1) is 0 Å². The molecule has 0 spiro atoms. The predicted molar refractivity (Wildman–Crippen MR) is 50.1 cm³/mol. The number of carbonyl (C=O) groups is 1. The van der Waals surface area contributed by atoms with Crippen LogP contribution in [0.5, 0.6) is 0 Å². The predicted octanol–water partition coefficient (Wildman–Crippen LogP) is -1.92. The van der Waals surface area contributed by atoms with Gasteiger partial charge in [0.15, 0.2) is 0 Å². The van der Waals surface area contributed by atoms with Crippen molar-refractivity contribution >= 4 is 15.9 Å². The van der Waals surface area contributed by atoms with Crippen molar-refractivity contribution in [1.29, 1.82) is 0 Å². The Labute approximate surface area is 83.2 Å². The maximum Gasteiger partial charge on any atom is 0.237 e. The van der Waals surface area contributed by atoms with Gasteiger partial charge in [-0.25, -0.2) is 8.42 Å². The summed E-state index contributed by atoms with van der Waals surface area (Å²) in [6, 6.07) is 0. The molecule has 7 heteroatoms. The van der Waals surface area contributed by atoms with Crippen molar-refractivity contribution in [2.24, 2.45) is 0 Å². The minimum atomic E-state index is -3.45. The number of aliphatic hydroxyl groups is 1. The first-order chi connectivity index (χ1) is 6.47. The van der Waals surface area contributed by atoms with Gasteiger partial charge in [0.25, 0.3) is 0 Å². The lowest BCUT2D eigenvalue weighted by Gasteiger charge is -2.30. The molecule has 0 aromatic rings. The number of aliphatic hydroxyl groups excluding tert-OH is 1. The lowest BCUT2D eigenvalue weighted by Crippen LogP contribution is -2.51. The van der Waals surface area contributed by atoms with Gasteiger partial charge in [0.2, 0.25) is 15.9 Å². The average Bonchev–Trinajstić information content (AvgIpc) is 2.09. The monoisotopic (exact) mass is 222 g/mol. The number of sulfonamides is 1. The van der Waals surface area contributed by atoms with Crippen LogP contribution in [0.25, 0.3) is 0 Å². The first-order valence-corrected chi connectivity index (χ1v) is 5.91. The summed E-state index contributed by atoms with van der Waals surface area (Å²) in [6.07, 6.45) is 0. The van der Waals surface area contributed by atoms with Gasteiger partial charge in [-0.15, -0.1) is 0 Å². The normalized spacial score (nSPS) is 20.1. The fraction of sp³-hybridized carbons (Fsp3) is 0.857. The summed E-state index contributed by atoms with van der Waals surface area (Å²) in [6.45, 7) is 0.190. The lowest BCUT2D eigenvalue weighted by molar-refractivity contribution is -0.132. The van der Waals surface area contributed by atoms with Crippen LogP contribution in [0.15, 0.2) is 0 Å². The number of hydrogen-bond acceptors (Lipinski definition) is 4. The van der Waals surface area contributed by atoms with Crippen LogP contribution in [0.4, 0.5) is 0 Å². The zero-order valence-corrected chi connectivity index (χ0v) is 8.83. The quantitative estimate of drug-likeness (QED) is 0.604. The van der Waals surface area contributed by atoms with Gasteiger partial charge in [-0.2, -0.15) is 4.31 Å². The van der Waals surface area contributed by atoms with Crippen LogP contribution in [-0.2, 0) is 14.8 Å². The number of piperazine rings is 1. The molecule has 0 aromatic heterocycles. The third-order valence-electron chi connectivity index (χ3n) is 2.16. The number of rotatable bonds is 3. The van der Waals surface area contributed by atoms with Crippen molar-refractivity contribution in [2.45, 2.75) is 0 Å². The highest BCUT2D eigenvalue weighted by molar-refractivity contribution is 7.89. The average molecular weight is 222 g/mol. The molecule has 0 saturated carbocycles. The Hall–Kier alpha value is -0.660. The summed E-state index contributed by atoms with van der Waals surface area (Å²) in [5.74, 6) is -0.526. The summed E-state index contributed by atoms with van der Waals surface area (Å²) in [4.78, 5) is 12.7. The van der Waals surface area contributed by atoms with Gasteiger partial charge in [0, 0.05) is 20.1 Å². The van der Waals surface area contributed by atoms with Gasteiger partial charge in [-0.05, 0) is 0 Å². The van der Waals surface area contributed by atoms with Crippen LogP contribution in [-0.4, -0.2) is 67.7 Å². The Kier molecular flexibility index (Phi) is 3.46. The topological polar surface area (TPSA) is 77.9 Å². The SMILES string of the molecule is CN1CCN(S(=O)(=O)CCO)CC1=O. The Balaban J connectivity index is 2.68. The zero-order valence-electron chi connectivity index (χ0n) is 8.01. The van der Waals surface area contributed by atoms with E-state index in [0.29, 0.717) is 13.1 Å². The van der Waals surface area contributed by atoms with E-state index >= 15 is 0 Å². The largest absolute Gasteiger partial charge is 0.395 e.